The van der Waals surface area contributed by atoms with Crippen molar-refractivity contribution < 1.29 is 0 Å². The minimum absolute atomic E-state index is 0.528. The van der Waals surface area contributed by atoms with Gasteiger partial charge in [0.05, 0.1) is 0 Å². The molecule has 0 saturated carbocycles. The maximum absolute atomic E-state index is 3.58. The van der Waals surface area contributed by atoms with Crippen LogP contribution in [0, 0.1) is 13.8 Å². The molecule has 0 spiro atoms. The number of hydrogen-bond acceptors (Lipinski definition) is 2. The van der Waals surface area contributed by atoms with Gasteiger partial charge in [-0.25, -0.2) is 0 Å². The summed E-state index contributed by atoms with van der Waals surface area (Å²) < 4.78 is 0. The predicted molar refractivity (Wildman–Crippen MR) is 75.4 cm³/mol. The minimum Gasteiger partial charge on any atom is -0.309 e. The van der Waals surface area contributed by atoms with Crippen LogP contribution in [0.2, 0.25) is 0 Å². The molecule has 0 radical (unpaired) electrons. The highest BCUT2D eigenvalue weighted by atomic mass is 15.1. The highest BCUT2D eigenvalue weighted by molar-refractivity contribution is 5.30. The van der Waals surface area contributed by atoms with Crippen molar-refractivity contribution in [2.45, 2.75) is 40.3 Å². The summed E-state index contributed by atoms with van der Waals surface area (Å²) in [7, 11) is 2.16. The molecular weight excluding hydrogens is 208 g/mol. The van der Waals surface area contributed by atoms with Crippen molar-refractivity contribution in [3.05, 3.63) is 34.9 Å². The third kappa shape index (κ3) is 4.88. The van der Waals surface area contributed by atoms with E-state index in [4.69, 9.17) is 0 Å². The molecule has 1 N–H and O–H groups in total. The maximum atomic E-state index is 3.58. The number of likely N-dealkylation sites (N-methyl/N-ethyl adjacent to an activating group) is 1. The standard InChI is InChI=1S/C15H26N2/c1-6-17(5)11-14(4)16-10-15-8-7-12(2)9-13(15)3/h7-9,14,16H,6,10-11H2,1-5H3. The predicted octanol–water partition coefficient (Wildman–Crippen LogP) is 2.73. The molecule has 1 atom stereocenters. The van der Waals surface area contributed by atoms with E-state index in [1.165, 1.54) is 16.7 Å². The molecular formula is C15H26N2. The van der Waals surface area contributed by atoms with Gasteiger partial charge in [0.1, 0.15) is 0 Å². The van der Waals surface area contributed by atoms with E-state index in [2.05, 4.69) is 63.2 Å². The van der Waals surface area contributed by atoms with Gasteiger partial charge in [0, 0.05) is 19.1 Å². The van der Waals surface area contributed by atoms with Gasteiger partial charge in [0.15, 0.2) is 0 Å². The van der Waals surface area contributed by atoms with Gasteiger partial charge in [0.25, 0.3) is 0 Å². The van der Waals surface area contributed by atoms with E-state index in [1.54, 1.807) is 0 Å². The molecule has 17 heavy (non-hydrogen) atoms. The number of nitrogens with zero attached hydrogens (tertiary/aromatic N) is 1. The number of rotatable bonds is 6. The first kappa shape index (κ1) is 14.2. The van der Waals surface area contributed by atoms with Crippen molar-refractivity contribution in [1.82, 2.24) is 10.2 Å². The molecule has 0 aliphatic carbocycles. The zero-order valence-electron chi connectivity index (χ0n) is 11.9. The lowest BCUT2D eigenvalue weighted by Gasteiger charge is -2.21. The number of nitrogens with one attached hydrogen (secondary N) is 1. The molecule has 0 fully saturated rings. The molecule has 0 aliphatic heterocycles. The van der Waals surface area contributed by atoms with Crippen molar-refractivity contribution in [1.29, 1.82) is 0 Å². The Hall–Kier alpha value is -0.860. The van der Waals surface area contributed by atoms with Crippen molar-refractivity contribution >= 4 is 0 Å². The molecule has 1 unspecified atom stereocenters. The van der Waals surface area contributed by atoms with E-state index in [1.807, 2.05) is 0 Å². The van der Waals surface area contributed by atoms with Crippen LogP contribution in [0.1, 0.15) is 30.5 Å². The SMILES string of the molecule is CCN(C)CC(C)NCc1ccc(C)cc1C. The molecule has 0 saturated heterocycles. The largest absolute Gasteiger partial charge is 0.309 e. The van der Waals surface area contributed by atoms with E-state index < -0.39 is 0 Å². The summed E-state index contributed by atoms with van der Waals surface area (Å²) in [5, 5.41) is 3.58. The molecule has 0 heterocycles. The van der Waals surface area contributed by atoms with E-state index in [9.17, 15) is 0 Å². The first-order valence-electron chi connectivity index (χ1n) is 6.51. The van der Waals surface area contributed by atoms with Crippen molar-refractivity contribution in [3.63, 3.8) is 0 Å². The van der Waals surface area contributed by atoms with Gasteiger partial charge >= 0.3 is 0 Å². The molecule has 96 valence electrons. The first-order valence-corrected chi connectivity index (χ1v) is 6.51. The Bertz CT molecular complexity index is 347. The molecule has 1 aromatic carbocycles. The van der Waals surface area contributed by atoms with Crippen molar-refractivity contribution in [2.75, 3.05) is 20.1 Å². The maximum Gasteiger partial charge on any atom is 0.0211 e. The van der Waals surface area contributed by atoms with Crippen molar-refractivity contribution in [2.24, 2.45) is 0 Å². The fourth-order valence-corrected chi connectivity index (χ4v) is 1.99. The Morgan fingerprint density at radius 2 is 2.00 bits per heavy atom. The van der Waals surface area contributed by atoms with Gasteiger partial charge < -0.3 is 10.2 Å². The summed E-state index contributed by atoms with van der Waals surface area (Å²) in [4.78, 5) is 2.33. The van der Waals surface area contributed by atoms with Crippen LogP contribution in [0.25, 0.3) is 0 Å². The number of benzene rings is 1. The molecule has 1 rings (SSSR count). The molecule has 0 bridgehead atoms. The summed E-state index contributed by atoms with van der Waals surface area (Å²) in [6.45, 7) is 11.9. The highest BCUT2D eigenvalue weighted by Crippen LogP contribution is 2.10. The summed E-state index contributed by atoms with van der Waals surface area (Å²) in [6.07, 6.45) is 0. The van der Waals surface area contributed by atoms with Gasteiger partial charge in [-0.15, -0.1) is 0 Å². The summed E-state index contributed by atoms with van der Waals surface area (Å²) in [5.74, 6) is 0. The second-order valence-electron chi connectivity index (χ2n) is 5.07. The third-order valence-electron chi connectivity index (χ3n) is 3.26. The van der Waals surface area contributed by atoms with Crippen LogP contribution in [0.4, 0.5) is 0 Å². The summed E-state index contributed by atoms with van der Waals surface area (Å²) in [6, 6.07) is 7.20. The number of hydrogen-bond donors (Lipinski definition) is 1. The quantitative estimate of drug-likeness (QED) is 0.814. The molecule has 0 amide bonds. The van der Waals surface area contributed by atoms with Crippen LogP contribution in [0.3, 0.4) is 0 Å². The third-order valence-corrected chi connectivity index (χ3v) is 3.26. The minimum atomic E-state index is 0.528. The average Bonchev–Trinajstić information content (AvgIpc) is 2.27. The van der Waals surface area contributed by atoms with Crippen LogP contribution in [-0.2, 0) is 6.54 Å². The number of aryl methyl sites for hydroxylation is 2. The molecule has 2 nitrogen and oxygen atoms in total. The highest BCUT2D eigenvalue weighted by Gasteiger charge is 2.05. The van der Waals surface area contributed by atoms with Crippen LogP contribution in [0.5, 0.6) is 0 Å². The Labute approximate surface area is 106 Å². The Morgan fingerprint density at radius 1 is 1.29 bits per heavy atom. The van der Waals surface area contributed by atoms with E-state index in [-0.39, 0.29) is 0 Å². The first-order chi connectivity index (χ1) is 8.02. The van der Waals surface area contributed by atoms with E-state index in [0.717, 1.165) is 19.6 Å². The monoisotopic (exact) mass is 234 g/mol. The van der Waals surface area contributed by atoms with Gasteiger partial charge in [0.2, 0.25) is 0 Å². The second-order valence-corrected chi connectivity index (χ2v) is 5.07. The van der Waals surface area contributed by atoms with Gasteiger partial charge in [-0.3, -0.25) is 0 Å². The van der Waals surface area contributed by atoms with Gasteiger partial charge in [-0.2, -0.15) is 0 Å². The smallest absolute Gasteiger partial charge is 0.0211 e. The van der Waals surface area contributed by atoms with Gasteiger partial charge in [-0.05, 0) is 45.5 Å². The Kier molecular flexibility index (Phi) is 5.66. The molecule has 0 aromatic heterocycles. The topological polar surface area (TPSA) is 15.3 Å². The van der Waals surface area contributed by atoms with Crippen LogP contribution >= 0.6 is 0 Å². The van der Waals surface area contributed by atoms with Crippen LogP contribution in [-0.4, -0.2) is 31.1 Å². The van der Waals surface area contributed by atoms with E-state index >= 15 is 0 Å². The van der Waals surface area contributed by atoms with Gasteiger partial charge in [-0.1, -0.05) is 30.7 Å². The zero-order chi connectivity index (χ0) is 12.8. The lowest BCUT2D eigenvalue weighted by molar-refractivity contribution is 0.309. The fraction of sp³-hybridized carbons (Fsp3) is 0.600. The second kappa shape index (κ2) is 6.77. The normalized spacial score (nSPS) is 13.1. The Morgan fingerprint density at radius 3 is 2.59 bits per heavy atom. The fourth-order valence-electron chi connectivity index (χ4n) is 1.99. The van der Waals surface area contributed by atoms with Crippen LogP contribution in [0.15, 0.2) is 18.2 Å². The molecule has 2 heteroatoms. The lowest BCUT2D eigenvalue weighted by Crippen LogP contribution is -2.37. The molecule has 1 aromatic rings. The molecule has 0 aliphatic rings. The van der Waals surface area contributed by atoms with Crippen LogP contribution < -0.4 is 5.32 Å². The zero-order valence-corrected chi connectivity index (χ0v) is 11.9. The Balaban J connectivity index is 2.44. The summed E-state index contributed by atoms with van der Waals surface area (Å²) in [5.41, 5.74) is 4.13. The average molecular weight is 234 g/mol. The van der Waals surface area contributed by atoms with E-state index in [0.29, 0.717) is 6.04 Å². The lowest BCUT2D eigenvalue weighted by atomic mass is 10.1. The summed E-state index contributed by atoms with van der Waals surface area (Å²) >= 11 is 0. The van der Waals surface area contributed by atoms with Crippen molar-refractivity contribution in [3.8, 4) is 0 Å².